The van der Waals surface area contributed by atoms with E-state index in [2.05, 4.69) is 15.6 Å². The Morgan fingerprint density at radius 1 is 1.29 bits per heavy atom. The smallest absolute Gasteiger partial charge is 0.191 e. The van der Waals surface area contributed by atoms with E-state index in [1.165, 1.54) is 0 Å². The number of para-hydroxylation sites is 1. The zero-order valence-electron chi connectivity index (χ0n) is 13.2. The van der Waals surface area contributed by atoms with Crippen molar-refractivity contribution in [1.29, 1.82) is 0 Å². The molecule has 1 unspecified atom stereocenters. The third kappa shape index (κ3) is 6.49. The summed E-state index contributed by atoms with van der Waals surface area (Å²) >= 11 is 0. The van der Waals surface area contributed by atoms with Gasteiger partial charge in [-0.15, -0.1) is 0 Å². The molecule has 1 aromatic carbocycles. The van der Waals surface area contributed by atoms with Gasteiger partial charge in [0.05, 0.1) is 13.2 Å². The van der Waals surface area contributed by atoms with E-state index in [1.807, 2.05) is 45.0 Å². The third-order valence-corrected chi connectivity index (χ3v) is 2.95. The summed E-state index contributed by atoms with van der Waals surface area (Å²) in [4.78, 5) is 4.57. The monoisotopic (exact) mass is 293 g/mol. The summed E-state index contributed by atoms with van der Waals surface area (Å²) in [5.41, 5.74) is 1.06. The fraction of sp³-hybridized carbons (Fsp3) is 0.562. The first kappa shape index (κ1) is 17.3. The van der Waals surface area contributed by atoms with E-state index in [-0.39, 0.29) is 12.5 Å². The van der Waals surface area contributed by atoms with Gasteiger partial charge in [-0.25, -0.2) is 4.99 Å². The largest absolute Gasteiger partial charge is 0.494 e. The lowest BCUT2D eigenvalue weighted by Gasteiger charge is -2.14. The number of ether oxygens (including phenoxy) is 1. The molecule has 0 aromatic heterocycles. The van der Waals surface area contributed by atoms with Gasteiger partial charge < -0.3 is 20.5 Å². The van der Waals surface area contributed by atoms with Crippen molar-refractivity contribution in [2.75, 3.05) is 26.3 Å². The van der Waals surface area contributed by atoms with Crippen molar-refractivity contribution in [3.05, 3.63) is 29.8 Å². The first-order valence-electron chi connectivity index (χ1n) is 7.54. The summed E-state index contributed by atoms with van der Waals surface area (Å²) < 4.78 is 5.60. The van der Waals surface area contributed by atoms with Gasteiger partial charge >= 0.3 is 0 Å². The third-order valence-electron chi connectivity index (χ3n) is 2.95. The van der Waals surface area contributed by atoms with Crippen LogP contribution in [0.4, 0.5) is 0 Å². The van der Waals surface area contributed by atoms with E-state index in [0.717, 1.165) is 23.8 Å². The fourth-order valence-corrected chi connectivity index (χ4v) is 1.77. The number of nitrogens with one attached hydrogen (secondary N) is 2. The van der Waals surface area contributed by atoms with E-state index in [4.69, 9.17) is 9.84 Å². The number of rotatable bonds is 8. The van der Waals surface area contributed by atoms with Crippen LogP contribution in [0.1, 0.15) is 26.3 Å². The Labute approximate surface area is 127 Å². The molecule has 0 aliphatic rings. The van der Waals surface area contributed by atoms with Gasteiger partial charge in [-0.2, -0.15) is 0 Å². The van der Waals surface area contributed by atoms with Crippen molar-refractivity contribution in [1.82, 2.24) is 10.6 Å². The summed E-state index contributed by atoms with van der Waals surface area (Å²) in [5, 5.41) is 15.5. The Morgan fingerprint density at radius 3 is 2.71 bits per heavy atom. The SMILES string of the molecule is CCNC(=NCc1ccccc1OCC)NCC(C)CO. The quantitative estimate of drug-likeness (QED) is 0.505. The van der Waals surface area contributed by atoms with Crippen LogP contribution >= 0.6 is 0 Å². The summed E-state index contributed by atoms with van der Waals surface area (Å²) in [6.07, 6.45) is 0. The molecule has 0 aliphatic carbocycles. The number of hydrogen-bond donors (Lipinski definition) is 3. The molecule has 0 amide bonds. The highest BCUT2D eigenvalue weighted by Gasteiger charge is 2.04. The molecule has 0 heterocycles. The minimum absolute atomic E-state index is 0.166. The zero-order valence-corrected chi connectivity index (χ0v) is 13.2. The van der Waals surface area contributed by atoms with Gasteiger partial charge in [0.1, 0.15) is 5.75 Å². The first-order valence-corrected chi connectivity index (χ1v) is 7.54. The summed E-state index contributed by atoms with van der Waals surface area (Å²) in [5.74, 6) is 1.83. The van der Waals surface area contributed by atoms with Gasteiger partial charge in [-0.05, 0) is 25.8 Å². The Bertz CT molecular complexity index is 435. The van der Waals surface area contributed by atoms with Crippen LogP contribution in [-0.2, 0) is 6.54 Å². The van der Waals surface area contributed by atoms with Crippen LogP contribution in [0.3, 0.4) is 0 Å². The predicted molar refractivity (Wildman–Crippen MR) is 86.7 cm³/mol. The molecule has 1 atom stereocenters. The van der Waals surface area contributed by atoms with Gasteiger partial charge in [-0.1, -0.05) is 25.1 Å². The highest BCUT2D eigenvalue weighted by Crippen LogP contribution is 2.18. The van der Waals surface area contributed by atoms with Gasteiger partial charge in [0.2, 0.25) is 0 Å². The maximum Gasteiger partial charge on any atom is 0.191 e. The molecule has 0 bridgehead atoms. The number of aliphatic imine (C=N–C) groups is 1. The number of benzene rings is 1. The van der Waals surface area contributed by atoms with Gasteiger partial charge in [0.15, 0.2) is 5.96 Å². The lowest BCUT2D eigenvalue weighted by Crippen LogP contribution is -2.39. The minimum atomic E-state index is 0.166. The molecule has 0 aliphatic heterocycles. The molecule has 0 saturated carbocycles. The average molecular weight is 293 g/mol. The van der Waals surface area contributed by atoms with Crippen LogP contribution in [0.25, 0.3) is 0 Å². The van der Waals surface area contributed by atoms with Gasteiger partial charge in [0.25, 0.3) is 0 Å². The molecular formula is C16H27N3O2. The summed E-state index contributed by atoms with van der Waals surface area (Å²) in [6, 6.07) is 7.93. The molecule has 0 saturated heterocycles. The van der Waals surface area contributed by atoms with Crippen LogP contribution in [0, 0.1) is 5.92 Å². The second kappa shape index (κ2) is 10.0. The van der Waals surface area contributed by atoms with Crippen molar-refractivity contribution in [3.8, 4) is 5.75 Å². The maximum atomic E-state index is 9.06. The Kier molecular flexibility index (Phi) is 8.28. The first-order chi connectivity index (χ1) is 10.2. The van der Waals surface area contributed by atoms with Gasteiger partial charge in [0, 0.05) is 25.3 Å². The molecular weight excluding hydrogens is 266 g/mol. The van der Waals surface area contributed by atoms with Crippen LogP contribution in [0.5, 0.6) is 5.75 Å². The second-order valence-corrected chi connectivity index (χ2v) is 4.90. The summed E-state index contributed by atoms with van der Waals surface area (Å²) in [7, 11) is 0. The fourth-order valence-electron chi connectivity index (χ4n) is 1.77. The number of hydrogen-bond acceptors (Lipinski definition) is 3. The number of guanidine groups is 1. The van der Waals surface area contributed by atoms with E-state index < -0.39 is 0 Å². The van der Waals surface area contributed by atoms with Crippen molar-refractivity contribution in [3.63, 3.8) is 0 Å². The number of aliphatic hydroxyl groups is 1. The second-order valence-electron chi connectivity index (χ2n) is 4.90. The molecule has 118 valence electrons. The van der Waals surface area contributed by atoms with E-state index in [1.54, 1.807) is 0 Å². The Hall–Kier alpha value is -1.75. The van der Waals surface area contributed by atoms with Crippen molar-refractivity contribution in [2.24, 2.45) is 10.9 Å². The van der Waals surface area contributed by atoms with E-state index in [9.17, 15) is 0 Å². The Balaban J connectivity index is 2.68. The molecule has 5 nitrogen and oxygen atoms in total. The lowest BCUT2D eigenvalue weighted by molar-refractivity contribution is 0.238. The van der Waals surface area contributed by atoms with E-state index >= 15 is 0 Å². The van der Waals surface area contributed by atoms with Crippen molar-refractivity contribution < 1.29 is 9.84 Å². The van der Waals surface area contributed by atoms with Crippen LogP contribution in [-0.4, -0.2) is 37.4 Å². The van der Waals surface area contributed by atoms with Crippen LogP contribution in [0.15, 0.2) is 29.3 Å². The van der Waals surface area contributed by atoms with Crippen LogP contribution in [0.2, 0.25) is 0 Å². The molecule has 0 spiro atoms. The molecule has 0 fully saturated rings. The molecule has 1 aromatic rings. The molecule has 0 radical (unpaired) electrons. The highest BCUT2D eigenvalue weighted by molar-refractivity contribution is 5.79. The van der Waals surface area contributed by atoms with Crippen LogP contribution < -0.4 is 15.4 Å². The standard InChI is InChI=1S/C16H27N3O2/c1-4-17-16(18-10-13(3)12-20)19-11-14-8-6-7-9-15(14)21-5-2/h6-9,13,20H,4-5,10-12H2,1-3H3,(H2,17,18,19). The molecule has 5 heteroatoms. The van der Waals surface area contributed by atoms with E-state index in [0.29, 0.717) is 19.7 Å². The number of nitrogens with zero attached hydrogens (tertiary/aromatic N) is 1. The van der Waals surface area contributed by atoms with Crippen molar-refractivity contribution >= 4 is 5.96 Å². The predicted octanol–water partition coefficient (Wildman–Crippen LogP) is 1.77. The average Bonchev–Trinajstić information content (AvgIpc) is 2.51. The molecule has 1 rings (SSSR count). The highest BCUT2D eigenvalue weighted by atomic mass is 16.5. The normalized spacial score (nSPS) is 12.9. The zero-order chi connectivity index (χ0) is 15.5. The molecule has 3 N–H and O–H groups in total. The summed E-state index contributed by atoms with van der Waals surface area (Å²) in [6.45, 7) is 8.84. The number of aliphatic hydroxyl groups excluding tert-OH is 1. The van der Waals surface area contributed by atoms with Gasteiger partial charge in [-0.3, -0.25) is 0 Å². The maximum absolute atomic E-state index is 9.06. The lowest BCUT2D eigenvalue weighted by atomic mass is 10.2. The minimum Gasteiger partial charge on any atom is -0.494 e. The Morgan fingerprint density at radius 2 is 2.05 bits per heavy atom. The van der Waals surface area contributed by atoms with Crippen molar-refractivity contribution in [2.45, 2.75) is 27.3 Å². The topological polar surface area (TPSA) is 65.9 Å². The molecule has 21 heavy (non-hydrogen) atoms.